The summed E-state index contributed by atoms with van der Waals surface area (Å²) in [6.07, 6.45) is 0.388. The maximum atomic E-state index is 11.8. The summed E-state index contributed by atoms with van der Waals surface area (Å²) in [5.74, 6) is -0.656. The number of nitrogens with one attached hydrogen (secondary N) is 2. The van der Waals surface area contributed by atoms with Gasteiger partial charge in [0, 0.05) is 26.6 Å². The van der Waals surface area contributed by atoms with Crippen LogP contribution in [0.3, 0.4) is 0 Å². The summed E-state index contributed by atoms with van der Waals surface area (Å²) < 4.78 is 4.81. The molecule has 1 aromatic carbocycles. The van der Waals surface area contributed by atoms with Crippen molar-refractivity contribution in [3.8, 4) is 0 Å². The second kappa shape index (κ2) is 8.26. The number of rotatable bonds is 7. The van der Waals surface area contributed by atoms with Gasteiger partial charge in [0.2, 0.25) is 5.91 Å². The first-order valence-corrected chi connectivity index (χ1v) is 6.23. The number of hydrogen-bond donors (Lipinski definition) is 2. The Bertz CT molecular complexity index is 406. The second-order valence-corrected chi connectivity index (χ2v) is 4.11. The second-order valence-electron chi connectivity index (χ2n) is 4.11. The van der Waals surface area contributed by atoms with Crippen LogP contribution in [0.15, 0.2) is 30.3 Å². The van der Waals surface area contributed by atoms with Crippen molar-refractivity contribution < 1.29 is 14.3 Å². The van der Waals surface area contributed by atoms with Gasteiger partial charge < -0.3 is 15.4 Å². The van der Waals surface area contributed by atoms with Crippen molar-refractivity contribution in [3.05, 3.63) is 35.9 Å². The van der Waals surface area contributed by atoms with Crippen molar-refractivity contribution in [1.82, 2.24) is 10.6 Å². The molecular formula is C14H20N2O3. The molecule has 0 aliphatic heterocycles. The lowest BCUT2D eigenvalue weighted by Crippen LogP contribution is -2.31. The molecule has 0 radical (unpaired) electrons. The predicted molar refractivity (Wildman–Crippen MR) is 72.8 cm³/mol. The van der Waals surface area contributed by atoms with E-state index >= 15 is 0 Å². The van der Waals surface area contributed by atoms with Gasteiger partial charge in [-0.1, -0.05) is 30.3 Å². The number of carbonyl (C=O) groups is 2. The number of esters is 1. The van der Waals surface area contributed by atoms with Crippen LogP contribution in [0.5, 0.6) is 0 Å². The SMILES string of the molecule is CNC(=O)CCNCC(C(=O)OC)c1ccccc1. The van der Waals surface area contributed by atoms with Gasteiger partial charge in [-0.05, 0) is 5.56 Å². The largest absolute Gasteiger partial charge is 0.469 e. The van der Waals surface area contributed by atoms with E-state index in [9.17, 15) is 9.59 Å². The molecule has 0 saturated heterocycles. The van der Waals surface area contributed by atoms with Crippen LogP contribution in [0.2, 0.25) is 0 Å². The fourth-order valence-corrected chi connectivity index (χ4v) is 1.74. The highest BCUT2D eigenvalue weighted by Gasteiger charge is 2.20. The van der Waals surface area contributed by atoms with Crippen molar-refractivity contribution in [2.24, 2.45) is 0 Å². The Balaban J connectivity index is 2.52. The quantitative estimate of drug-likeness (QED) is 0.561. The summed E-state index contributed by atoms with van der Waals surface area (Å²) in [4.78, 5) is 22.8. The van der Waals surface area contributed by atoms with Crippen LogP contribution in [-0.4, -0.2) is 39.1 Å². The monoisotopic (exact) mass is 264 g/mol. The van der Waals surface area contributed by atoms with E-state index in [1.165, 1.54) is 7.11 Å². The standard InChI is InChI=1S/C14H20N2O3/c1-15-13(17)8-9-16-10-12(14(18)19-2)11-6-4-3-5-7-11/h3-7,12,16H,8-10H2,1-2H3,(H,15,17). The smallest absolute Gasteiger partial charge is 0.314 e. The summed E-state index contributed by atoms with van der Waals surface area (Å²) in [5.41, 5.74) is 0.904. The molecule has 0 aromatic heterocycles. The molecule has 1 rings (SSSR count). The highest BCUT2D eigenvalue weighted by atomic mass is 16.5. The third kappa shape index (κ3) is 5.09. The molecule has 0 bridgehead atoms. The number of hydrogen-bond acceptors (Lipinski definition) is 4. The zero-order valence-electron chi connectivity index (χ0n) is 11.3. The van der Waals surface area contributed by atoms with E-state index in [4.69, 9.17) is 4.74 Å². The molecule has 0 heterocycles. The highest BCUT2D eigenvalue weighted by molar-refractivity contribution is 5.78. The molecule has 5 nitrogen and oxygen atoms in total. The molecule has 1 atom stereocenters. The number of carbonyl (C=O) groups excluding carboxylic acids is 2. The molecule has 0 aliphatic carbocycles. The summed E-state index contributed by atoms with van der Waals surface area (Å²) in [6, 6.07) is 9.45. The van der Waals surface area contributed by atoms with E-state index in [1.807, 2.05) is 30.3 Å². The van der Waals surface area contributed by atoms with Crippen LogP contribution < -0.4 is 10.6 Å². The van der Waals surface area contributed by atoms with Gasteiger partial charge in [-0.3, -0.25) is 9.59 Å². The maximum Gasteiger partial charge on any atom is 0.314 e. The summed E-state index contributed by atoms with van der Waals surface area (Å²) >= 11 is 0. The summed E-state index contributed by atoms with van der Waals surface area (Å²) in [5, 5.41) is 5.65. The first-order valence-electron chi connectivity index (χ1n) is 6.23. The van der Waals surface area contributed by atoms with Crippen molar-refractivity contribution in [2.75, 3.05) is 27.2 Å². The lowest BCUT2D eigenvalue weighted by molar-refractivity contribution is -0.142. The first kappa shape index (κ1) is 15.2. The van der Waals surface area contributed by atoms with E-state index in [0.717, 1.165) is 5.56 Å². The van der Waals surface area contributed by atoms with E-state index in [0.29, 0.717) is 19.5 Å². The molecular weight excluding hydrogens is 244 g/mol. The Hall–Kier alpha value is -1.88. The Morgan fingerprint density at radius 3 is 2.53 bits per heavy atom. The fourth-order valence-electron chi connectivity index (χ4n) is 1.74. The molecule has 0 aliphatic rings. The molecule has 0 fully saturated rings. The molecule has 1 amide bonds. The lowest BCUT2D eigenvalue weighted by Gasteiger charge is -2.15. The molecule has 2 N–H and O–H groups in total. The minimum Gasteiger partial charge on any atom is -0.469 e. The minimum absolute atomic E-state index is 0.0261. The average molecular weight is 264 g/mol. The molecule has 5 heteroatoms. The molecule has 1 aromatic rings. The van der Waals surface area contributed by atoms with Gasteiger partial charge in [-0.2, -0.15) is 0 Å². The molecule has 0 spiro atoms. The van der Waals surface area contributed by atoms with Crippen LogP contribution in [0.25, 0.3) is 0 Å². The van der Waals surface area contributed by atoms with Crippen molar-refractivity contribution >= 4 is 11.9 Å². The van der Waals surface area contributed by atoms with Gasteiger partial charge in [-0.25, -0.2) is 0 Å². The number of methoxy groups -OCH3 is 1. The third-order valence-electron chi connectivity index (χ3n) is 2.84. The van der Waals surface area contributed by atoms with Crippen molar-refractivity contribution in [2.45, 2.75) is 12.3 Å². The highest BCUT2D eigenvalue weighted by Crippen LogP contribution is 2.16. The number of benzene rings is 1. The number of ether oxygens (including phenoxy) is 1. The van der Waals surface area contributed by atoms with Crippen LogP contribution in [0.1, 0.15) is 17.9 Å². The first-order chi connectivity index (χ1) is 9.19. The molecule has 19 heavy (non-hydrogen) atoms. The van der Waals surface area contributed by atoms with Crippen molar-refractivity contribution in [1.29, 1.82) is 0 Å². The van der Waals surface area contributed by atoms with Crippen LogP contribution in [-0.2, 0) is 14.3 Å². The van der Waals surface area contributed by atoms with E-state index in [1.54, 1.807) is 7.05 Å². The summed E-state index contributed by atoms with van der Waals surface area (Å²) in [7, 11) is 2.98. The minimum atomic E-state index is -0.351. The predicted octanol–water partition coefficient (Wildman–Crippen LogP) is 0.669. The number of amides is 1. The van der Waals surface area contributed by atoms with Gasteiger partial charge in [0.25, 0.3) is 0 Å². The summed E-state index contributed by atoms with van der Waals surface area (Å²) in [6.45, 7) is 0.980. The van der Waals surface area contributed by atoms with E-state index < -0.39 is 0 Å². The van der Waals surface area contributed by atoms with Crippen LogP contribution in [0, 0.1) is 0 Å². The van der Waals surface area contributed by atoms with E-state index in [-0.39, 0.29) is 17.8 Å². The fraction of sp³-hybridized carbons (Fsp3) is 0.429. The Kier molecular flexibility index (Phi) is 6.60. The molecule has 104 valence electrons. The Morgan fingerprint density at radius 1 is 1.26 bits per heavy atom. The normalized spacial score (nSPS) is 11.7. The molecule has 1 unspecified atom stereocenters. The Morgan fingerprint density at radius 2 is 1.95 bits per heavy atom. The third-order valence-corrected chi connectivity index (χ3v) is 2.84. The van der Waals surface area contributed by atoms with E-state index in [2.05, 4.69) is 10.6 Å². The zero-order valence-corrected chi connectivity index (χ0v) is 11.3. The zero-order chi connectivity index (χ0) is 14.1. The van der Waals surface area contributed by atoms with Gasteiger partial charge >= 0.3 is 5.97 Å². The van der Waals surface area contributed by atoms with Gasteiger partial charge in [0.05, 0.1) is 13.0 Å². The Labute approximate surface area is 113 Å². The van der Waals surface area contributed by atoms with Crippen LogP contribution >= 0.6 is 0 Å². The van der Waals surface area contributed by atoms with Gasteiger partial charge in [0.15, 0.2) is 0 Å². The van der Waals surface area contributed by atoms with Crippen molar-refractivity contribution in [3.63, 3.8) is 0 Å². The topological polar surface area (TPSA) is 67.4 Å². The lowest BCUT2D eigenvalue weighted by atomic mass is 9.99. The molecule has 0 saturated carbocycles. The average Bonchev–Trinajstić information content (AvgIpc) is 2.47. The van der Waals surface area contributed by atoms with Gasteiger partial charge in [-0.15, -0.1) is 0 Å². The van der Waals surface area contributed by atoms with Crippen LogP contribution in [0.4, 0.5) is 0 Å². The van der Waals surface area contributed by atoms with Gasteiger partial charge in [0.1, 0.15) is 0 Å². The maximum absolute atomic E-state index is 11.8.